The van der Waals surface area contributed by atoms with Gasteiger partial charge < -0.3 is 15.4 Å². The van der Waals surface area contributed by atoms with Crippen molar-refractivity contribution in [2.75, 3.05) is 13.1 Å². The molecule has 2 heterocycles. The maximum atomic E-state index is 12.4. The number of amides is 1. The lowest BCUT2D eigenvalue weighted by molar-refractivity contribution is -0.136. The number of hydrogen-bond donors (Lipinski definition) is 1. The molecule has 0 radical (unpaired) electrons. The van der Waals surface area contributed by atoms with Crippen LogP contribution >= 0.6 is 12.4 Å². The zero-order chi connectivity index (χ0) is 13.6. The molecule has 0 aromatic heterocycles. The maximum absolute atomic E-state index is 12.4. The lowest BCUT2D eigenvalue weighted by Crippen LogP contribution is -2.41. The van der Waals surface area contributed by atoms with Crippen molar-refractivity contribution < 1.29 is 9.53 Å². The Balaban J connectivity index is 0.00000147. The molecule has 1 aromatic carbocycles. The number of likely N-dealkylation sites (tertiary alicyclic amines) is 1. The van der Waals surface area contributed by atoms with Gasteiger partial charge in [0.25, 0.3) is 5.91 Å². The summed E-state index contributed by atoms with van der Waals surface area (Å²) in [6.07, 6.45) is 1.21. The molecule has 2 N–H and O–H groups in total. The topological polar surface area (TPSA) is 55.6 Å². The van der Waals surface area contributed by atoms with Gasteiger partial charge in [0, 0.05) is 25.6 Å². The van der Waals surface area contributed by atoms with Crippen LogP contribution in [0.1, 0.15) is 23.1 Å². The highest BCUT2D eigenvalue weighted by Gasteiger charge is 2.35. The van der Waals surface area contributed by atoms with E-state index in [0.717, 1.165) is 24.3 Å². The van der Waals surface area contributed by atoms with Crippen molar-refractivity contribution in [3.63, 3.8) is 0 Å². The smallest absolute Gasteiger partial charge is 0.264 e. The second-order valence-corrected chi connectivity index (χ2v) is 5.69. The molecule has 110 valence electrons. The monoisotopic (exact) mass is 296 g/mol. The van der Waals surface area contributed by atoms with Crippen LogP contribution in [-0.2, 0) is 11.2 Å². The first kappa shape index (κ1) is 15.1. The SMILES string of the molecule is Cc1cc2c(cc1C)OC(C(=O)N1CC[C@@H](N)C1)C2.Cl. The molecule has 20 heavy (non-hydrogen) atoms. The first-order valence-corrected chi connectivity index (χ1v) is 6.86. The number of carbonyl (C=O) groups is 1. The summed E-state index contributed by atoms with van der Waals surface area (Å²) in [5.41, 5.74) is 9.45. The molecular weight excluding hydrogens is 276 g/mol. The minimum Gasteiger partial charge on any atom is -0.480 e. The number of benzene rings is 1. The molecule has 4 nitrogen and oxygen atoms in total. The van der Waals surface area contributed by atoms with Crippen LogP contribution in [0.15, 0.2) is 12.1 Å². The number of halogens is 1. The third kappa shape index (κ3) is 2.63. The summed E-state index contributed by atoms with van der Waals surface area (Å²) in [6.45, 7) is 5.57. The second kappa shape index (κ2) is 5.62. The van der Waals surface area contributed by atoms with E-state index in [1.165, 1.54) is 11.1 Å². The predicted molar refractivity (Wildman–Crippen MR) is 80.5 cm³/mol. The molecule has 1 saturated heterocycles. The van der Waals surface area contributed by atoms with E-state index in [9.17, 15) is 4.79 Å². The van der Waals surface area contributed by atoms with Gasteiger partial charge in [-0.2, -0.15) is 0 Å². The Kier molecular flexibility index (Phi) is 4.25. The fraction of sp³-hybridized carbons (Fsp3) is 0.533. The highest BCUT2D eigenvalue weighted by Crippen LogP contribution is 2.32. The standard InChI is InChI=1S/C15H20N2O2.ClH/c1-9-5-11-7-14(19-13(11)6-10(9)2)15(18)17-4-3-12(16)8-17;/h5-6,12,14H,3-4,7-8,16H2,1-2H3;1H/t12-,14?;/m1./s1. The number of aryl methyl sites for hydroxylation is 2. The van der Waals surface area contributed by atoms with Crippen molar-refractivity contribution in [3.8, 4) is 5.75 Å². The van der Waals surface area contributed by atoms with Crippen LogP contribution in [0, 0.1) is 13.8 Å². The van der Waals surface area contributed by atoms with Gasteiger partial charge in [0.15, 0.2) is 6.10 Å². The van der Waals surface area contributed by atoms with Gasteiger partial charge in [0.05, 0.1) is 0 Å². The Morgan fingerprint density at radius 3 is 2.70 bits per heavy atom. The van der Waals surface area contributed by atoms with Crippen LogP contribution in [0.3, 0.4) is 0 Å². The average molecular weight is 297 g/mol. The van der Waals surface area contributed by atoms with Crippen LogP contribution in [0.4, 0.5) is 0 Å². The van der Waals surface area contributed by atoms with Crippen molar-refractivity contribution in [2.45, 2.75) is 38.8 Å². The minimum atomic E-state index is -0.360. The summed E-state index contributed by atoms with van der Waals surface area (Å²) < 4.78 is 5.82. The van der Waals surface area contributed by atoms with Gasteiger partial charge in [-0.15, -0.1) is 12.4 Å². The van der Waals surface area contributed by atoms with E-state index in [0.29, 0.717) is 13.0 Å². The molecule has 2 atom stereocenters. The van der Waals surface area contributed by atoms with Crippen LogP contribution < -0.4 is 10.5 Å². The molecule has 2 aliphatic heterocycles. The number of carbonyl (C=O) groups excluding carboxylic acids is 1. The summed E-state index contributed by atoms with van der Waals surface area (Å²) in [5.74, 6) is 0.949. The third-order valence-electron chi connectivity index (χ3n) is 4.16. The van der Waals surface area contributed by atoms with E-state index in [-0.39, 0.29) is 30.5 Å². The number of hydrogen-bond acceptors (Lipinski definition) is 3. The highest BCUT2D eigenvalue weighted by molar-refractivity contribution is 5.85. The van der Waals surface area contributed by atoms with Crippen LogP contribution in [-0.4, -0.2) is 36.0 Å². The van der Waals surface area contributed by atoms with E-state index < -0.39 is 0 Å². The zero-order valence-corrected chi connectivity index (χ0v) is 12.7. The third-order valence-corrected chi connectivity index (χ3v) is 4.16. The summed E-state index contributed by atoms with van der Waals surface area (Å²) >= 11 is 0. The Morgan fingerprint density at radius 2 is 2.05 bits per heavy atom. The molecule has 2 aliphatic rings. The second-order valence-electron chi connectivity index (χ2n) is 5.69. The zero-order valence-electron chi connectivity index (χ0n) is 11.9. The Hall–Kier alpha value is -1.26. The highest BCUT2D eigenvalue weighted by atomic mass is 35.5. The molecule has 1 fully saturated rings. The van der Waals surface area contributed by atoms with Gasteiger partial charge in [-0.1, -0.05) is 6.07 Å². The number of fused-ring (bicyclic) bond motifs is 1. The normalized spacial score (nSPS) is 24.1. The van der Waals surface area contributed by atoms with Crippen molar-refractivity contribution in [2.24, 2.45) is 5.73 Å². The summed E-state index contributed by atoms with van der Waals surface area (Å²) in [4.78, 5) is 14.2. The van der Waals surface area contributed by atoms with E-state index in [4.69, 9.17) is 10.5 Å². The van der Waals surface area contributed by atoms with Gasteiger partial charge >= 0.3 is 0 Å². The first-order valence-electron chi connectivity index (χ1n) is 6.86. The van der Waals surface area contributed by atoms with Crippen molar-refractivity contribution in [1.29, 1.82) is 0 Å². The lowest BCUT2D eigenvalue weighted by atomic mass is 10.0. The van der Waals surface area contributed by atoms with E-state index in [2.05, 4.69) is 19.9 Å². The Labute approximate surface area is 125 Å². The molecule has 1 amide bonds. The molecule has 0 spiro atoms. The maximum Gasteiger partial charge on any atom is 0.264 e. The summed E-state index contributed by atoms with van der Waals surface area (Å²) in [5, 5.41) is 0. The summed E-state index contributed by atoms with van der Waals surface area (Å²) in [7, 11) is 0. The van der Waals surface area contributed by atoms with Crippen LogP contribution in [0.2, 0.25) is 0 Å². The van der Waals surface area contributed by atoms with Gasteiger partial charge in [0.1, 0.15) is 5.75 Å². The molecule has 0 aliphatic carbocycles. The van der Waals surface area contributed by atoms with E-state index in [1.54, 1.807) is 0 Å². The quantitative estimate of drug-likeness (QED) is 0.856. The van der Waals surface area contributed by atoms with Gasteiger partial charge in [-0.05, 0) is 43.0 Å². The molecular formula is C15H21ClN2O2. The lowest BCUT2D eigenvalue weighted by Gasteiger charge is -2.19. The number of nitrogens with zero attached hydrogens (tertiary/aromatic N) is 1. The fourth-order valence-corrected chi connectivity index (χ4v) is 2.84. The molecule has 1 unspecified atom stereocenters. The average Bonchev–Trinajstić information content (AvgIpc) is 2.95. The molecule has 5 heteroatoms. The molecule has 3 rings (SSSR count). The largest absolute Gasteiger partial charge is 0.480 e. The van der Waals surface area contributed by atoms with Gasteiger partial charge in [-0.3, -0.25) is 4.79 Å². The summed E-state index contributed by atoms with van der Waals surface area (Å²) in [6, 6.07) is 4.29. The molecule has 0 bridgehead atoms. The van der Waals surface area contributed by atoms with Crippen molar-refractivity contribution in [3.05, 3.63) is 28.8 Å². The van der Waals surface area contributed by atoms with Crippen molar-refractivity contribution >= 4 is 18.3 Å². The van der Waals surface area contributed by atoms with Gasteiger partial charge in [-0.25, -0.2) is 0 Å². The number of rotatable bonds is 1. The minimum absolute atomic E-state index is 0. The van der Waals surface area contributed by atoms with Crippen LogP contribution in [0.5, 0.6) is 5.75 Å². The fourth-order valence-electron chi connectivity index (χ4n) is 2.84. The Bertz CT molecular complexity index is 502. The van der Waals surface area contributed by atoms with E-state index >= 15 is 0 Å². The molecule has 0 saturated carbocycles. The first-order chi connectivity index (χ1) is 9.04. The van der Waals surface area contributed by atoms with Crippen LogP contribution in [0.25, 0.3) is 0 Å². The van der Waals surface area contributed by atoms with Crippen molar-refractivity contribution in [1.82, 2.24) is 4.90 Å². The Morgan fingerprint density at radius 1 is 1.35 bits per heavy atom. The predicted octanol–water partition coefficient (Wildman–Crippen LogP) is 1.59. The van der Waals surface area contributed by atoms with E-state index in [1.807, 2.05) is 11.0 Å². The van der Waals surface area contributed by atoms with Gasteiger partial charge in [0.2, 0.25) is 0 Å². The molecule has 1 aromatic rings. The number of ether oxygens (including phenoxy) is 1. The number of nitrogens with two attached hydrogens (primary N) is 1.